The molecular weight excluding hydrogens is 545 g/mol. The van der Waals surface area contributed by atoms with Crippen LogP contribution in [-0.4, -0.2) is 0 Å². The van der Waals surface area contributed by atoms with Gasteiger partial charge in [0.05, 0.1) is 0 Å². The fourth-order valence-electron chi connectivity index (χ4n) is 5.10. The monoisotopic (exact) mass is 620 g/mol. The Morgan fingerprint density at radius 1 is 0.243 bits per heavy atom. The molecule has 0 nitrogen and oxygen atoms in total. The minimum atomic E-state index is 0. The van der Waals surface area contributed by atoms with E-state index in [0.717, 1.165) is 12.8 Å². The van der Waals surface area contributed by atoms with E-state index in [1.165, 1.54) is 193 Å². The van der Waals surface area contributed by atoms with Crippen molar-refractivity contribution < 1.29 is 27.3 Å². The predicted octanol–water partition coefficient (Wildman–Crippen LogP) is 14.2. The zero-order valence-electron chi connectivity index (χ0n) is 26.7. The molecule has 0 saturated carbocycles. The van der Waals surface area contributed by atoms with Crippen molar-refractivity contribution in [3.63, 3.8) is 0 Å². The molecule has 0 aromatic rings. The van der Waals surface area contributed by atoms with Gasteiger partial charge in [0, 0.05) is 0 Å². The van der Waals surface area contributed by atoms with Gasteiger partial charge in [-0.05, 0) is 0 Å². The van der Waals surface area contributed by atoms with Gasteiger partial charge in [-0.15, -0.1) is 0 Å². The zero-order valence-corrected chi connectivity index (χ0v) is 30.8. The Bertz CT molecular complexity index is 263. The molecule has 37 heavy (non-hydrogen) atoms. The van der Waals surface area contributed by atoms with E-state index in [-0.39, 0.29) is 27.3 Å². The van der Waals surface area contributed by atoms with Gasteiger partial charge >= 0.3 is 27.3 Å². The molecule has 1 heteroatoms. The van der Waals surface area contributed by atoms with Crippen molar-refractivity contribution in [3.8, 4) is 0 Å². The first-order valence-corrected chi connectivity index (χ1v) is 17.4. The van der Waals surface area contributed by atoms with Gasteiger partial charge < -0.3 is 13.8 Å². The Kier molecular flexibility index (Phi) is 50.4. The first kappa shape index (κ1) is 42.4. The van der Waals surface area contributed by atoms with Crippen LogP contribution in [0.2, 0.25) is 0 Å². The molecule has 0 radical (unpaired) electrons. The molecule has 0 spiro atoms. The molecule has 0 N–H and O–H groups in total. The molecule has 0 aromatic heterocycles. The number of hydrogen-bond donors (Lipinski definition) is 0. The van der Waals surface area contributed by atoms with Crippen LogP contribution < -0.4 is 0 Å². The molecule has 0 aliphatic carbocycles. The van der Waals surface area contributed by atoms with Crippen LogP contribution in [0.1, 0.15) is 219 Å². The van der Waals surface area contributed by atoms with Crippen LogP contribution in [-0.2, 0) is 27.3 Å². The van der Waals surface area contributed by atoms with Gasteiger partial charge in [-0.3, -0.25) is 0 Å². The van der Waals surface area contributed by atoms with Crippen molar-refractivity contribution in [3.05, 3.63) is 13.8 Å². The SMILES string of the molecule is [CH2-]CCCCCCCCCCCCCCCCC.[CH2-]CCCCCCCCCCCCCCCCC.[Cd+2]. The first-order valence-electron chi connectivity index (χ1n) is 17.4. The van der Waals surface area contributed by atoms with Gasteiger partial charge in [0.15, 0.2) is 0 Å². The van der Waals surface area contributed by atoms with Gasteiger partial charge in [-0.1, -0.05) is 206 Å². The molecule has 0 aliphatic heterocycles. The average molecular weight is 619 g/mol. The summed E-state index contributed by atoms with van der Waals surface area (Å²) in [4.78, 5) is 0. The topological polar surface area (TPSA) is 0 Å². The summed E-state index contributed by atoms with van der Waals surface area (Å²) in [6.45, 7) is 12.4. The zero-order chi connectivity index (χ0) is 26.6. The quantitative estimate of drug-likeness (QED) is 0.0426. The summed E-state index contributed by atoms with van der Waals surface area (Å²) in [5, 5.41) is 0. The maximum absolute atomic E-state index is 3.88. The Labute approximate surface area is 259 Å². The molecule has 0 aliphatic rings. The fourth-order valence-corrected chi connectivity index (χ4v) is 5.10. The molecule has 220 valence electrons. The third-order valence-electron chi connectivity index (χ3n) is 7.71. The summed E-state index contributed by atoms with van der Waals surface area (Å²) in [5.74, 6) is 0. The molecule has 0 heterocycles. The second kappa shape index (κ2) is 44.0. The minimum Gasteiger partial charge on any atom is -0.343 e. The third kappa shape index (κ3) is 47.1. The van der Waals surface area contributed by atoms with E-state index >= 15 is 0 Å². The van der Waals surface area contributed by atoms with Crippen LogP contribution in [0, 0.1) is 13.8 Å². The Balaban J connectivity index is -0.000000608. The van der Waals surface area contributed by atoms with Crippen molar-refractivity contribution in [2.45, 2.75) is 219 Å². The molecule has 0 atom stereocenters. The third-order valence-corrected chi connectivity index (χ3v) is 7.71. The summed E-state index contributed by atoms with van der Waals surface area (Å²) in [7, 11) is 0. The fraction of sp³-hybridized carbons (Fsp3) is 0.944. The Morgan fingerprint density at radius 2 is 0.378 bits per heavy atom. The van der Waals surface area contributed by atoms with Crippen molar-refractivity contribution in [2.24, 2.45) is 0 Å². The van der Waals surface area contributed by atoms with Gasteiger partial charge in [-0.2, -0.15) is 12.8 Å². The van der Waals surface area contributed by atoms with Crippen molar-refractivity contribution >= 4 is 0 Å². The minimum absolute atomic E-state index is 0. The Hall–Kier alpha value is 0.922. The average Bonchev–Trinajstić information content (AvgIpc) is 2.89. The molecule has 0 unspecified atom stereocenters. The molecule has 0 amide bonds. The molecule has 0 aromatic carbocycles. The van der Waals surface area contributed by atoms with Crippen LogP contribution in [0.3, 0.4) is 0 Å². The van der Waals surface area contributed by atoms with Crippen LogP contribution in [0.15, 0.2) is 0 Å². The number of rotatable bonds is 30. The van der Waals surface area contributed by atoms with E-state index in [0.29, 0.717) is 0 Å². The van der Waals surface area contributed by atoms with Gasteiger partial charge in [-0.25, -0.2) is 0 Å². The molecule has 0 rings (SSSR count). The van der Waals surface area contributed by atoms with Crippen LogP contribution in [0.4, 0.5) is 0 Å². The first-order chi connectivity index (χ1) is 17.8. The summed E-state index contributed by atoms with van der Waals surface area (Å²) < 4.78 is 0. The van der Waals surface area contributed by atoms with E-state index in [4.69, 9.17) is 0 Å². The van der Waals surface area contributed by atoms with Crippen molar-refractivity contribution in [1.29, 1.82) is 0 Å². The van der Waals surface area contributed by atoms with Crippen molar-refractivity contribution in [2.75, 3.05) is 0 Å². The van der Waals surface area contributed by atoms with E-state index in [1.54, 1.807) is 0 Å². The summed E-state index contributed by atoms with van der Waals surface area (Å²) in [6, 6.07) is 0. The molecule has 0 bridgehead atoms. The van der Waals surface area contributed by atoms with E-state index in [2.05, 4.69) is 27.7 Å². The standard InChI is InChI=1S/2C18H37.Cd/c2*1-3-5-7-9-11-13-15-17-18-16-14-12-10-8-6-4-2;/h2*1,3-18H2,2H3;/q2*-1;+2. The summed E-state index contributed by atoms with van der Waals surface area (Å²) in [5.41, 5.74) is 0. The van der Waals surface area contributed by atoms with E-state index in [1.807, 2.05) is 0 Å². The molecule has 0 saturated heterocycles. The van der Waals surface area contributed by atoms with Crippen molar-refractivity contribution in [1.82, 2.24) is 0 Å². The van der Waals surface area contributed by atoms with Gasteiger partial charge in [0.2, 0.25) is 0 Å². The smallest absolute Gasteiger partial charge is 0.343 e. The largest absolute Gasteiger partial charge is 2.00 e. The predicted molar refractivity (Wildman–Crippen MR) is 170 cm³/mol. The maximum Gasteiger partial charge on any atom is 2.00 e. The molecular formula is C36H74Cd. The number of unbranched alkanes of at least 4 members (excludes halogenated alkanes) is 30. The second-order valence-corrected chi connectivity index (χ2v) is 11.6. The maximum atomic E-state index is 3.88. The summed E-state index contributed by atoms with van der Waals surface area (Å²) >= 11 is 0. The second-order valence-electron chi connectivity index (χ2n) is 11.6. The van der Waals surface area contributed by atoms with E-state index < -0.39 is 0 Å². The van der Waals surface area contributed by atoms with Crippen LogP contribution >= 0.6 is 0 Å². The van der Waals surface area contributed by atoms with Gasteiger partial charge in [0.1, 0.15) is 0 Å². The normalized spacial score (nSPS) is 10.7. The summed E-state index contributed by atoms with van der Waals surface area (Å²) in [6.07, 6.45) is 45.6. The number of hydrogen-bond acceptors (Lipinski definition) is 0. The van der Waals surface area contributed by atoms with Crippen LogP contribution in [0.5, 0.6) is 0 Å². The van der Waals surface area contributed by atoms with Crippen LogP contribution in [0.25, 0.3) is 0 Å². The Morgan fingerprint density at radius 3 is 0.514 bits per heavy atom. The van der Waals surface area contributed by atoms with E-state index in [9.17, 15) is 0 Å². The molecule has 0 fully saturated rings. The van der Waals surface area contributed by atoms with Gasteiger partial charge in [0.25, 0.3) is 0 Å².